The summed E-state index contributed by atoms with van der Waals surface area (Å²) in [7, 11) is 0. The van der Waals surface area contributed by atoms with Gasteiger partial charge in [0.1, 0.15) is 5.83 Å². The van der Waals surface area contributed by atoms with Gasteiger partial charge in [-0.3, -0.25) is 5.21 Å². The Kier molecular flexibility index (Phi) is 2.86. The van der Waals surface area contributed by atoms with Gasteiger partial charge in [-0.15, -0.1) is 0 Å². The first-order valence-electron chi connectivity index (χ1n) is 5.12. The molecule has 0 radical (unpaired) electrons. The van der Waals surface area contributed by atoms with Gasteiger partial charge in [-0.2, -0.15) is 0 Å². The molecule has 1 aromatic rings. The summed E-state index contributed by atoms with van der Waals surface area (Å²) in [5.41, 5.74) is 2.32. The Hall–Kier alpha value is -1.90. The number of aryl methyl sites for hydroxylation is 1. The molecule has 82 valence electrons. The topological polar surface area (TPSA) is 24.1 Å². The van der Waals surface area contributed by atoms with Gasteiger partial charge in [0.2, 0.25) is 5.69 Å². The maximum atomic E-state index is 13.0. The molecule has 1 aliphatic rings. The molecule has 0 saturated heterocycles. The van der Waals surface area contributed by atoms with Crippen LogP contribution in [0.25, 0.3) is 5.57 Å². The van der Waals surface area contributed by atoms with E-state index < -0.39 is 0 Å². The van der Waals surface area contributed by atoms with Gasteiger partial charge in [-0.1, -0.05) is 6.08 Å². The Morgan fingerprint density at radius 1 is 1.31 bits per heavy atom. The van der Waals surface area contributed by atoms with Crippen molar-refractivity contribution in [2.24, 2.45) is 0 Å². The highest BCUT2D eigenvalue weighted by Gasteiger charge is 2.17. The van der Waals surface area contributed by atoms with E-state index in [9.17, 15) is 9.60 Å². The molecular weight excluding hydrogens is 205 g/mol. The molecule has 16 heavy (non-hydrogen) atoms. The highest BCUT2D eigenvalue weighted by molar-refractivity contribution is 5.64. The first-order chi connectivity index (χ1) is 7.68. The van der Waals surface area contributed by atoms with Gasteiger partial charge in [0.05, 0.1) is 0 Å². The average molecular weight is 218 g/mol. The predicted octanol–water partition coefficient (Wildman–Crippen LogP) is 2.72. The fourth-order valence-corrected chi connectivity index (χ4v) is 1.65. The Balaban J connectivity index is 2.46. The molecule has 0 unspecified atom stereocenters. The van der Waals surface area contributed by atoms with Crippen LogP contribution in [0.3, 0.4) is 0 Å². The van der Waals surface area contributed by atoms with E-state index in [1.54, 1.807) is 12.2 Å². The van der Waals surface area contributed by atoms with Crippen LogP contribution in [0.15, 0.2) is 48.3 Å². The molecule has 0 amide bonds. The molecule has 1 aromatic heterocycles. The SMILES string of the molecule is Cc1cccc(C2=CC=C(F)C=CC2)[n+]1O. The van der Waals surface area contributed by atoms with Gasteiger partial charge in [0.15, 0.2) is 0 Å². The van der Waals surface area contributed by atoms with Gasteiger partial charge >= 0.3 is 0 Å². The first kappa shape index (κ1) is 10.6. The van der Waals surface area contributed by atoms with Crippen molar-refractivity contribution in [3.05, 3.63) is 59.7 Å². The lowest BCUT2D eigenvalue weighted by atomic mass is 10.1. The van der Waals surface area contributed by atoms with Crippen LogP contribution in [0, 0.1) is 6.92 Å². The molecule has 0 aromatic carbocycles. The Morgan fingerprint density at radius 2 is 2.12 bits per heavy atom. The maximum absolute atomic E-state index is 13.0. The third-order valence-corrected chi connectivity index (χ3v) is 2.54. The van der Waals surface area contributed by atoms with Gasteiger partial charge in [-0.05, 0) is 30.7 Å². The third-order valence-electron chi connectivity index (χ3n) is 2.54. The summed E-state index contributed by atoms with van der Waals surface area (Å²) in [6.07, 6.45) is 6.87. The molecule has 2 nitrogen and oxygen atoms in total. The Bertz CT molecular complexity index is 501. The van der Waals surface area contributed by atoms with Crippen molar-refractivity contribution in [3.8, 4) is 0 Å². The largest absolute Gasteiger partial charge is 0.284 e. The van der Waals surface area contributed by atoms with E-state index in [-0.39, 0.29) is 5.83 Å². The molecule has 1 aliphatic carbocycles. The Labute approximate surface area is 93.6 Å². The van der Waals surface area contributed by atoms with Crippen molar-refractivity contribution in [3.63, 3.8) is 0 Å². The number of halogens is 1. The third kappa shape index (κ3) is 2.03. The summed E-state index contributed by atoms with van der Waals surface area (Å²) < 4.78 is 14.1. The van der Waals surface area contributed by atoms with Gasteiger partial charge < -0.3 is 0 Å². The molecular formula is C13H13FNO+. The summed E-state index contributed by atoms with van der Waals surface area (Å²) in [4.78, 5) is 0. The fraction of sp³-hybridized carbons (Fsp3) is 0.154. The molecule has 0 atom stereocenters. The highest BCUT2D eigenvalue weighted by atomic mass is 19.1. The van der Waals surface area contributed by atoms with Crippen LogP contribution in [0.4, 0.5) is 4.39 Å². The van der Waals surface area contributed by atoms with E-state index in [1.807, 2.05) is 25.1 Å². The normalized spacial score (nSPS) is 15.4. The Morgan fingerprint density at radius 3 is 2.94 bits per heavy atom. The molecule has 1 N–H and O–H groups in total. The number of aromatic nitrogens is 1. The quantitative estimate of drug-likeness (QED) is 0.568. The molecule has 2 rings (SSSR count). The smallest absolute Gasteiger partial charge is 0.261 e. The first-order valence-corrected chi connectivity index (χ1v) is 5.12. The zero-order valence-corrected chi connectivity index (χ0v) is 9.02. The van der Waals surface area contributed by atoms with Crippen LogP contribution in [-0.2, 0) is 0 Å². The summed E-state index contributed by atoms with van der Waals surface area (Å²) in [5, 5.41) is 9.84. The fourth-order valence-electron chi connectivity index (χ4n) is 1.65. The van der Waals surface area contributed by atoms with Crippen LogP contribution in [0.5, 0.6) is 0 Å². The van der Waals surface area contributed by atoms with Gasteiger partial charge in [0.25, 0.3) is 5.69 Å². The minimum absolute atomic E-state index is 0.271. The number of hydrogen-bond donors (Lipinski definition) is 1. The molecule has 1 heterocycles. The number of rotatable bonds is 1. The number of nitrogens with zero attached hydrogens (tertiary/aromatic N) is 1. The van der Waals surface area contributed by atoms with Crippen molar-refractivity contribution >= 4 is 5.57 Å². The maximum Gasteiger partial charge on any atom is 0.261 e. The van der Waals surface area contributed by atoms with Gasteiger partial charge in [0, 0.05) is 29.4 Å². The van der Waals surface area contributed by atoms with E-state index in [4.69, 9.17) is 0 Å². The monoisotopic (exact) mass is 218 g/mol. The summed E-state index contributed by atoms with van der Waals surface area (Å²) >= 11 is 0. The number of pyridine rings is 1. The summed E-state index contributed by atoms with van der Waals surface area (Å²) in [6.45, 7) is 1.81. The second-order valence-corrected chi connectivity index (χ2v) is 3.71. The van der Waals surface area contributed by atoms with Gasteiger partial charge in [-0.25, -0.2) is 4.39 Å². The zero-order valence-electron chi connectivity index (χ0n) is 9.02. The van der Waals surface area contributed by atoms with E-state index >= 15 is 0 Å². The van der Waals surface area contributed by atoms with E-state index in [0.29, 0.717) is 12.1 Å². The molecule has 3 heteroatoms. The van der Waals surface area contributed by atoms with Crippen molar-refractivity contribution < 1.29 is 14.3 Å². The summed E-state index contributed by atoms with van der Waals surface area (Å²) in [5.74, 6) is -0.271. The molecule has 0 fully saturated rings. The van der Waals surface area contributed by atoms with Crippen molar-refractivity contribution in [2.75, 3.05) is 0 Å². The van der Waals surface area contributed by atoms with Crippen LogP contribution in [0.1, 0.15) is 17.8 Å². The lowest BCUT2D eigenvalue weighted by Crippen LogP contribution is -2.37. The van der Waals surface area contributed by atoms with Crippen LogP contribution in [-0.4, -0.2) is 5.21 Å². The lowest BCUT2D eigenvalue weighted by molar-refractivity contribution is -0.910. The standard InChI is InChI=1S/C13H13FNO/c1-10-4-2-7-13(15(10)16)11-5-3-6-12(14)9-8-11/h2-4,6-9,16H,5H2,1H3/q+1. The second kappa shape index (κ2) is 4.31. The zero-order chi connectivity index (χ0) is 11.5. The molecule has 0 spiro atoms. The minimum Gasteiger partial charge on any atom is -0.284 e. The van der Waals surface area contributed by atoms with Crippen molar-refractivity contribution in [1.82, 2.24) is 0 Å². The molecule has 0 bridgehead atoms. The highest BCUT2D eigenvalue weighted by Crippen LogP contribution is 2.19. The predicted molar refractivity (Wildman–Crippen MR) is 59.5 cm³/mol. The van der Waals surface area contributed by atoms with Crippen LogP contribution in [0.2, 0.25) is 0 Å². The molecule has 0 aliphatic heterocycles. The van der Waals surface area contributed by atoms with E-state index in [0.717, 1.165) is 16.0 Å². The molecule has 0 saturated carbocycles. The van der Waals surface area contributed by atoms with Crippen molar-refractivity contribution in [1.29, 1.82) is 0 Å². The number of hydrogen-bond acceptors (Lipinski definition) is 1. The van der Waals surface area contributed by atoms with Crippen LogP contribution < -0.4 is 4.73 Å². The van der Waals surface area contributed by atoms with Crippen molar-refractivity contribution in [2.45, 2.75) is 13.3 Å². The lowest BCUT2D eigenvalue weighted by Gasteiger charge is -2.00. The second-order valence-electron chi connectivity index (χ2n) is 3.71. The number of allylic oxidation sites excluding steroid dienone is 6. The average Bonchev–Trinajstić information content (AvgIpc) is 2.47. The van der Waals surface area contributed by atoms with Crippen LogP contribution >= 0.6 is 0 Å². The van der Waals surface area contributed by atoms with E-state index in [2.05, 4.69) is 0 Å². The van der Waals surface area contributed by atoms with E-state index in [1.165, 1.54) is 12.2 Å². The summed E-state index contributed by atoms with van der Waals surface area (Å²) in [6, 6.07) is 5.49. The minimum atomic E-state index is -0.271.